The van der Waals surface area contributed by atoms with Crippen LogP contribution in [0.25, 0.3) is 11.3 Å². The highest BCUT2D eigenvalue weighted by Crippen LogP contribution is 2.28. The lowest BCUT2D eigenvalue weighted by Crippen LogP contribution is -2.22. The van der Waals surface area contributed by atoms with Gasteiger partial charge in [0, 0.05) is 24.2 Å². The predicted molar refractivity (Wildman–Crippen MR) is 81.5 cm³/mol. The van der Waals surface area contributed by atoms with Gasteiger partial charge in [0.2, 0.25) is 5.95 Å². The molecule has 1 saturated heterocycles. The summed E-state index contributed by atoms with van der Waals surface area (Å²) in [5.41, 5.74) is 5.69. The van der Waals surface area contributed by atoms with Crippen molar-refractivity contribution in [2.24, 2.45) is 5.84 Å². The molecule has 1 fully saturated rings. The average molecular weight is 269 g/mol. The lowest BCUT2D eigenvalue weighted by atomic mass is 10.1. The molecular weight excluding hydrogens is 250 g/mol. The number of benzene rings is 1. The van der Waals surface area contributed by atoms with Crippen LogP contribution in [0.4, 0.5) is 11.8 Å². The lowest BCUT2D eigenvalue weighted by molar-refractivity contribution is 0.896. The number of nitrogens with one attached hydrogen (secondary N) is 1. The number of nitrogens with zero attached hydrogens (tertiary/aromatic N) is 3. The summed E-state index contributed by atoms with van der Waals surface area (Å²) >= 11 is 0. The van der Waals surface area contributed by atoms with Crippen molar-refractivity contribution in [1.82, 2.24) is 9.97 Å². The molecule has 104 valence electrons. The third-order valence-corrected chi connectivity index (χ3v) is 3.71. The van der Waals surface area contributed by atoms with Gasteiger partial charge in [-0.3, -0.25) is 0 Å². The van der Waals surface area contributed by atoms with E-state index in [0.29, 0.717) is 5.82 Å². The van der Waals surface area contributed by atoms with Crippen LogP contribution in [0.15, 0.2) is 30.3 Å². The molecule has 0 saturated carbocycles. The van der Waals surface area contributed by atoms with Gasteiger partial charge in [-0.2, -0.15) is 4.98 Å². The van der Waals surface area contributed by atoms with Gasteiger partial charge in [0.15, 0.2) is 0 Å². The molecule has 2 aromatic rings. The summed E-state index contributed by atoms with van der Waals surface area (Å²) in [7, 11) is 0. The van der Waals surface area contributed by atoms with Gasteiger partial charge >= 0.3 is 0 Å². The Balaban J connectivity index is 2.10. The molecule has 1 aromatic carbocycles. The Morgan fingerprint density at radius 2 is 1.80 bits per heavy atom. The fourth-order valence-corrected chi connectivity index (χ4v) is 2.58. The Morgan fingerprint density at radius 1 is 1.10 bits per heavy atom. The van der Waals surface area contributed by atoms with Crippen LogP contribution in [0.3, 0.4) is 0 Å². The van der Waals surface area contributed by atoms with E-state index in [4.69, 9.17) is 10.8 Å². The van der Waals surface area contributed by atoms with Gasteiger partial charge in [-0.05, 0) is 19.8 Å². The van der Waals surface area contributed by atoms with Gasteiger partial charge in [-0.25, -0.2) is 10.8 Å². The lowest BCUT2D eigenvalue weighted by Gasteiger charge is -2.19. The quantitative estimate of drug-likeness (QED) is 0.661. The van der Waals surface area contributed by atoms with E-state index in [9.17, 15) is 0 Å². The van der Waals surface area contributed by atoms with Crippen molar-refractivity contribution >= 4 is 11.8 Å². The number of anilines is 2. The standard InChI is InChI=1S/C15H19N5/c1-11-13(12-7-3-2-4-8-12)17-15(18-14(11)19-16)20-9-5-6-10-20/h2-4,7-8H,5-6,9-10,16H2,1H3,(H,17,18,19). The number of nitrogen functional groups attached to an aromatic ring is 1. The molecular formula is C15H19N5. The summed E-state index contributed by atoms with van der Waals surface area (Å²) in [6, 6.07) is 10.2. The van der Waals surface area contributed by atoms with Crippen molar-refractivity contribution in [2.45, 2.75) is 19.8 Å². The van der Waals surface area contributed by atoms with E-state index in [2.05, 4.69) is 27.4 Å². The van der Waals surface area contributed by atoms with Gasteiger partial charge in [0.05, 0.1) is 5.69 Å². The van der Waals surface area contributed by atoms with E-state index in [-0.39, 0.29) is 0 Å². The fraction of sp³-hybridized carbons (Fsp3) is 0.333. The molecule has 20 heavy (non-hydrogen) atoms. The Labute approximate surface area is 118 Å². The second-order valence-electron chi connectivity index (χ2n) is 5.05. The number of hydrogen-bond acceptors (Lipinski definition) is 5. The van der Waals surface area contributed by atoms with Crippen LogP contribution in [0.2, 0.25) is 0 Å². The molecule has 1 aromatic heterocycles. The molecule has 0 aliphatic carbocycles. The summed E-state index contributed by atoms with van der Waals surface area (Å²) in [6.45, 7) is 4.02. The molecule has 0 unspecified atom stereocenters. The van der Waals surface area contributed by atoms with Crippen LogP contribution in [0.1, 0.15) is 18.4 Å². The minimum atomic E-state index is 0.695. The predicted octanol–water partition coefficient (Wildman–Crippen LogP) is 2.34. The summed E-state index contributed by atoms with van der Waals surface area (Å²) in [5, 5.41) is 0. The minimum absolute atomic E-state index is 0.695. The molecule has 0 radical (unpaired) electrons. The van der Waals surface area contributed by atoms with Gasteiger partial charge in [0.25, 0.3) is 0 Å². The zero-order valence-electron chi connectivity index (χ0n) is 11.6. The molecule has 5 nitrogen and oxygen atoms in total. The Morgan fingerprint density at radius 3 is 2.45 bits per heavy atom. The molecule has 2 heterocycles. The van der Waals surface area contributed by atoms with Crippen molar-refractivity contribution in [1.29, 1.82) is 0 Å². The van der Waals surface area contributed by atoms with E-state index < -0.39 is 0 Å². The van der Waals surface area contributed by atoms with Crippen LogP contribution >= 0.6 is 0 Å². The number of rotatable bonds is 3. The third-order valence-electron chi connectivity index (χ3n) is 3.71. The maximum Gasteiger partial charge on any atom is 0.227 e. The van der Waals surface area contributed by atoms with Crippen LogP contribution in [-0.4, -0.2) is 23.1 Å². The molecule has 0 amide bonds. The first-order valence-electron chi connectivity index (χ1n) is 6.95. The summed E-state index contributed by atoms with van der Waals surface area (Å²) < 4.78 is 0. The van der Waals surface area contributed by atoms with Crippen molar-refractivity contribution in [3.8, 4) is 11.3 Å². The van der Waals surface area contributed by atoms with Gasteiger partial charge in [-0.1, -0.05) is 30.3 Å². The first kappa shape index (κ1) is 12.9. The number of hydrogen-bond donors (Lipinski definition) is 2. The Hall–Kier alpha value is -2.14. The van der Waals surface area contributed by atoms with E-state index >= 15 is 0 Å². The van der Waals surface area contributed by atoms with Crippen molar-refractivity contribution in [2.75, 3.05) is 23.4 Å². The summed E-state index contributed by atoms with van der Waals surface area (Å²) in [5.74, 6) is 7.07. The molecule has 1 aliphatic heterocycles. The molecule has 0 atom stereocenters. The molecule has 3 rings (SSSR count). The molecule has 1 aliphatic rings. The van der Waals surface area contributed by atoms with Crippen molar-refractivity contribution in [3.05, 3.63) is 35.9 Å². The maximum absolute atomic E-state index is 5.61. The first-order valence-corrected chi connectivity index (χ1v) is 6.95. The van der Waals surface area contributed by atoms with Crippen LogP contribution in [-0.2, 0) is 0 Å². The van der Waals surface area contributed by atoms with Crippen LogP contribution in [0, 0.1) is 6.92 Å². The average Bonchev–Trinajstić information content (AvgIpc) is 3.03. The van der Waals surface area contributed by atoms with Gasteiger partial charge < -0.3 is 10.3 Å². The maximum atomic E-state index is 5.61. The second-order valence-corrected chi connectivity index (χ2v) is 5.05. The van der Waals surface area contributed by atoms with Crippen LogP contribution in [0.5, 0.6) is 0 Å². The Kier molecular flexibility index (Phi) is 3.52. The van der Waals surface area contributed by atoms with Gasteiger partial charge in [0.1, 0.15) is 5.82 Å². The summed E-state index contributed by atoms with van der Waals surface area (Å²) in [6.07, 6.45) is 2.40. The molecule has 3 N–H and O–H groups in total. The normalized spacial score (nSPS) is 14.6. The smallest absolute Gasteiger partial charge is 0.227 e. The highest BCUT2D eigenvalue weighted by atomic mass is 15.3. The highest BCUT2D eigenvalue weighted by molar-refractivity contribution is 5.69. The topological polar surface area (TPSA) is 67.1 Å². The highest BCUT2D eigenvalue weighted by Gasteiger charge is 2.19. The molecule has 5 heteroatoms. The largest absolute Gasteiger partial charge is 0.341 e. The van der Waals surface area contributed by atoms with E-state index in [1.807, 2.05) is 25.1 Å². The fourth-order valence-electron chi connectivity index (χ4n) is 2.58. The van der Waals surface area contributed by atoms with Crippen molar-refractivity contribution in [3.63, 3.8) is 0 Å². The molecule has 0 bridgehead atoms. The van der Waals surface area contributed by atoms with Crippen LogP contribution < -0.4 is 16.2 Å². The zero-order valence-corrected chi connectivity index (χ0v) is 11.6. The third kappa shape index (κ3) is 2.32. The number of nitrogens with two attached hydrogens (primary N) is 1. The minimum Gasteiger partial charge on any atom is -0.341 e. The molecule has 0 spiro atoms. The second kappa shape index (κ2) is 5.46. The zero-order chi connectivity index (χ0) is 13.9. The summed E-state index contributed by atoms with van der Waals surface area (Å²) in [4.78, 5) is 11.5. The van der Waals surface area contributed by atoms with E-state index in [1.54, 1.807) is 0 Å². The number of hydrazine groups is 1. The SMILES string of the molecule is Cc1c(NN)nc(N2CCCC2)nc1-c1ccccc1. The van der Waals surface area contributed by atoms with Gasteiger partial charge in [-0.15, -0.1) is 0 Å². The van der Waals surface area contributed by atoms with Crippen molar-refractivity contribution < 1.29 is 0 Å². The Bertz CT molecular complexity index is 591. The monoisotopic (exact) mass is 269 g/mol. The first-order chi connectivity index (χ1) is 9.79. The number of aromatic nitrogens is 2. The van der Waals surface area contributed by atoms with E-state index in [0.717, 1.165) is 35.9 Å². The van der Waals surface area contributed by atoms with E-state index in [1.165, 1.54) is 12.8 Å².